The summed E-state index contributed by atoms with van der Waals surface area (Å²) in [5, 5.41) is 10.7. The number of piperazine rings is 1. The van der Waals surface area contributed by atoms with Gasteiger partial charge in [-0.25, -0.2) is 0 Å². The molecule has 0 radical (unpaired) electrons. The van der Waals surface area contributed by atoms with Crippen LogP contribution in [0.15, 0.2) is 24.3 Å². The fraction of sp³-hybridized carbons (Fsp3) is 0.579. The van der Waals surface area contributed by atoms with E-state index in [1.807, 2.05) is 17.0 Å². The largest absolute Gasteiger partial charge is 0.392 e. The number of imide groups is 1. The zero-order chi connectivity index (χ0) is 18.6. The number of amides is 2. The number of halogens is 1. The Morgan fingerprint density at radius 1 is 1.31 bits per heavy atom. The van der Waals surface area contributed by atoms with E-state index in [2.05, 4.69) is 18.7 Å². The summed E-state index contributed by atoms with van der Waals surface area (Å²) in [5.74, 6) is -0.357. The second kappa shape index (κ2) is 6.30. The Labute approximate surface area is 158 Å². The highest BCUT2D eigenvalue weighted by atomic mass is 35.5. The van der Waals surface area contributed by atoms with E-state index in [1.165, 1.54) is 4.90 Å². The average molecular weight is 378 g/mol. The van der Waals surface area contributed by atoms with Gasteiger partial charge in [0.05, 0.1) is 18.7 Å². The lowest BCUT2D eigenvalue weighted by Crippen LogP contribution is -2.82. The first-order valence-electron chi connectivity index (χ1n) is 9.11. The van der Waals surface area contributed by atoms with E-state index in [4.69, 9.17) is 11.6 Å². The Balaban J connectivity index is 1.65. The molecule has 0 bridgehead atoms. The SMILES string of the molecule is CC(C)N1CC2(C1)C(=O)N(Cc1cccc(Cl)c1)C(=O)[C@@H]1C[C@@H](O)CN12. The number of nitrogens with zero attached hydrogens (tertiary/aromatic N) is 3. The third-order valence-electron chi connectivity index (χ3n) is 5.91. The molecule has 1 aromatic rings. The van der Waals surface area contributed by atoms with Crippen LogP contribution in [0.4, 0.5) is 0 Å². The predicted molar refractivity (Wildman–Crippen MR) is 97.6 cm³/mol. The first-order valence-corrected chi connectivity index (χ1v) is 9.49. The van der Waals surface area contributed by atoms with Gasteiger partial charge in [0, 0.05) is 30.7 Å². The third-order valence-corrected chi connectivity index (χ3v) is 6.15. The van der Waals surface area contributed by atoms with E-state index in [0.717, 1.165) is 5.56 Å². The van der Waals surface area contributed by atoms with Gasteiger partial charge in [0.1, 0.15) is 5.54 Å². The van der Waals surface area contributed by atoms with Crippen LogP contribution < -0.4 is 0 Å². The summed E-state index contributed by atoms with van der Waals surface area (Å²) in [6.07, 6.45) is -0.172. The highest BCUT2D eigenvalue weighted by molar-refractivity contribution is 6.30. The molecule has 3 saturated heterocycles. The van der Waals surface area contributed by atoms with Crippen LogP contribution in [0, 0.1) is 0 Å². The van der Waals surface area contributed by atoms with Crippen molar-refractivity contribution in [2.45, 2.75) is 50.5 Å². The quantitative estimate of drug-likeness (QED) is 0.799. The van der Waals surface area contributed by atoms with E-state index in [9.17, 15) is 14.7 Å². The van der Waals surface area contributed by atoms with Crippen LogP contribution in [0.2, 0.25) is 5.02 Å². The van der Waals surface area contributed by atoms with E-state index in [0.29, 0.717) is 37.1 Å². The van der Waals surface area contributed by atoms with Gasteiger partial charge in [-0.1, -0.05) is 23.7 Å². The maximum absolute atomic E-state index is 13.4. The van der Waals surface area contributed by atoms with Crippen molar-refractivity contribution in [1.29, 1.82) is 0 Å². The number of aliphatic hydroxyl groups excluding tert-OH is 1. The number of rotatable bonds is 3. The Morgan fingerprint density at radius 3 is 2.69 bits per heavy atom. The molecule has 140 valence electrons. The molecule has 2 atom stereocenters. The summed E-state index contributed by atoms with van der Waals surface area (Å²) in [5.41, 5.74) is 0.139. The molecule has 3 aliphatic heterocycles. The molecule has 0 aliphatic carbocycles. The van der Waals surface area contributed by atoms with Gasteiger partial charge in [-0.3, -0.25) is 24.3 Å². The first-order chi connectivity index (χ1) is 12.3. The van der Waals surface area contributed by atoms with E-state index < -0.39 is 17.7 Å². The van der Waals surface area contributed by atoms with Gasteiger partial charge >= 0.3 is 0 Å². The van der Waals surface area contributed by atoms with Crippen molar-refractivity contribution >= 4 is 23.4 Å². The molecular weight excluding hydrogens is 354 g/mol. The highest BCUT2D eigenvalue weighted by Crippen LogP contribution is 2.41. The van der Waals surface area contributed by atoms with Gasteiger partial charge in [-0.15, -0.1) is 0 Å². The fourth-order valence-corrected chi connectivity index (χ4v) is 4.66. The molecule has 0 unspecified atom stereocenters. The number of aliphatic hydroxyl groups is 1. The predicted octanol–water partition coefficient (Wildman–Crippen LogP) is 1.11. The number of hydrogen-bond acceptors (Lipinski definition) is 5. The van der Waals surface area contributed by atoms with Crippen molar-refractivity contribution in [3.05, 3.63) is 34.9 Å². The van der Waals surface area contributed by atoms with Crippen molar-refractivity contribution in [3.63, 3.8) is 0 Å². The van der Waals surface area contributed by atoms with Crippen LogP contribution in [0.5, 0.6) is 0 Å². The van der Waals surface area contributed by atoms with Crippen LogP contribution in [-0.4, -0.2) is 75.0 Å². The van der Waals surface area contributed by atoms with Gasteiger partial charge in [0.2, 0.25) is 5.91 Å². The number of β-amino-alcohol motifs (C(OH)–C–C–N with tert-alkyl or cyclic N) is 1. The van der Waals surface area contributed by atoms with Crippen LogP contribution in [0.1, 0.15) is 25.8 Å². The second-order valence-electron chi connectivity index (χ2n) is 7.95. The van der Waals surface area contributed by atoms with Crippen molar-refractivity contribution < 1.29 is 14.7 Å². The van der Waals surface area contributed by atoms with E-state index >= 15 is 0 Å². The number of carbonyl (C=O) groups is 2. The van der Waals surface area contributed by atoms with Crippen LogP contribution >= 0.6 is 11.6 Å². The lowest BCUT2D eigenvalue weighted by atomic mass is 9.81. The number of benzene rings is 1. The topological polar surface area (TPSA) is 64.1 Å². The van der Waals surface area contributed by atoms with Gasteiger partial charge in [-0.2, -0.15) is 0 Å². The zero-order valence-corrected chi connectivity index (χ0v) is 15.8. The molecule has 1 spiro atoms. The van der Waals surface area contributed by atoms with E-state index in [-0.39, 0.29) is 18.4 Å². The molecule has 4 rings (SSSR count). The van der Waals surface area contributed by atoms with Gasteiger partial charge in [-0.05, 0) is 38.0 Å². The number of carbonyl (C=O) groups excluding carboxylic acids is 2. The van der Waals surface area contributed by atoms with Crippen molar-refractivity contribution in [1.82, 2.24) is 14.7 Å². The number of fused-ring (bicyclic) bond motifs is 2. The maximum Gasteiger partial charge on any atom is 0.252 e. The van der Waals surface area contributed by atoms with Crippen molar-refractivity contribution in [3.8, 4) is 0 Å². The number of likely N-dealkylation sites (tertiary alicyclic amines) is 1. The zero-order valence-electron chi connectivity index (χ0n) is 15.1. The summed E-state index contributed by atoms with van der Waals surface area (Å²) in [7, 11) is 0. The average Bonchev–Trinajstić information content (AvgIpc) is 2.92. The molecule has 2 amide bonds. The van der Waals surface area contributed by atoms with E-state index in [1.54, 1.807) is 12.1 Å². The summed E-state index contributed by atoms with van der Waals surface area (Å²) in [6.45, 7) is 6.02. The minimum Gasteiger partial charge on any atom is -0.392 e. The fourth-order valence-electron chi connectivity index (χ4n) is 4.45. The summed E-state index contributed by atoms with van der Waals surface area (Å²) in [6, 6.07) is 7.17. The molecule has 6 nitrogen and oxygen atoms in total. The molecular formula is C19H24ClN3O3. The monoisotopic (exact) mass is 377 g/mol. The normalized spacial score (nSPS) is 28.7. The van der Waals surface area contributed by atoms with Crippen LogP contribution in [0.3, 0.4) is 0 Å². The van der Waals surface area contributed by atoms with Gasteiger partial charge < -0.3 is 5.11 Å². The minimum absolute atomic E-state index is 0.148. The summed E-state index contributed by atoms with van der Waals surface area (Å²) < 4.78 is 0. The lowest BCUT2D eigenvalue weighted by Gasteiger charge is -2.59. The maximum atomic E-state index is 13.4. The Kier molecular flexibility index (Phi) is 4.34. The van der Waals surface area contributed by atoms with Crippen LogP contribution in [0.25, 0.3) is 0 Å². The third kappa shape index (κ3) is 2.67. The molecule has 0 saturated carbocycles. The first kappa shape index (κ1) is 17.9. The highest BCUT2D eigenvalue weighted by Gasteiger charge is 2.64. The summed E-state index contributed by atoms with van der Waals surface area (Å²) in [4.78, 5) is 31.9. The van der Waals surface area contributed by atoms with Gasteiger partial charge in [0.25, 0.3) is 5.91 Å². The Bertz CT molecular complexity index is 747. The molecule has 1 N–H and O–H groups in total. The molecule has 3 fully saturated rings. The molecule has 7 heteroatoms. The van der Waals surface area contributed by atoms with Gasteiger partial charge in [0.15, 0.2) is 0 Å². The molecule has 3 aliphatic rings. The minimum atomic E-state index is -0.696. The molecule has 0 aromatic heterocycles. The second-order valence-corrected chi connectivity index (χ2v) is 8.38. The standard InChI is InChI=1S/C19H24ClN3O3/c1-12(2)21-10-19(11-21)18(26)22(8-13-4-3-5-14(20)6-13)17(25)16-7-15(24)9-23(16)19/h3-6,12,15-16,24H,7-11H2,1-2H3/t15-,16+/m1/s1. The molecule has 3 heterocycles. The van der Waals surface area contributed by atoms with Crippen molar-refractivity contribution in [2.24, 2.45) is 0 Å². The molecule has 26 heavy (non-hydrogen) atoms. The smallest absolute Gasteiger partial charge is 0.252 e. The number of hydrogen-bond donors (Lipinski definition) is 1. The summed E-state index contributed by atoms with van der Waals surface area (Å²) >= 11 is 6.06. The van der Waals surface area contributed by atoms with Crippen molar-refractivity contribution in [2.75, 3.05) is 19.6 Å². The Morgan fingerprint density at radius 2 is 2.04 bits per heavy atom. The van der Waals surface area contributed by atoms with Crippen LogP contribution in [-0.2, 0) is 16.1 Å². The Hall–Kier alpha value is -1.47. The molecule has 1 aromatic carbocycles. The lowest BCUT2D eigenvalue weighted by molar-refractivity contribution is -0.182.